The van der Waals surface area contributed by atoms with E-state index in [0.29, 0.717) is 11.3 Å². The molecule has 0 amide bonds. The van der Waals surface area contributed by atoms with Gasteiger partial charge >= 0.3 is 0 Å². The topological polar surface area (TPSA) is 63.6 Å². The Hall–Kier alpha value is -2.51. The first-order chi connectivity index (χ1) is 13.8. The molecule has 0 aliphatic heterocycles. The lowest BCUT2D eigenvalue weighted by Gasteiger charge is -2.16. The van der Waals surface area contributed by atoms with Gasteiger partial charge in [0.05, 0.1) is 17.5 Å². The average Bonchev–Trinajstić information content (AvgIpc) is 3.04. The molecule has 0 saturated heterocycles. The summed E-state index contributed by atoms with van der Waals surface area (Å²) < 4.78 is 33.5. The number of aromatic nitrogens is 1. The van der Waals surface area contributed by atoms with Crippen LogP contribution in [-0.2, 0) is 16.4 Å². The van der Waals surface area contributed by atoms with E-state index in [1.807, 2.05) is 33.2 Å². The maximum absolute atomic E-state index is 13.4. The molecular weight excluding hydrogens is 386 g/mol. The molecule has 0 bridgehead atoms. The lowest BCUT2D eigenvalue weighted by Crippen LogP contribution is -2.21. The van der Waals surface area contributed by atoms with Crippen LogP contribution in [0, 0.1) is 6.92 Å². The number of methoxy groups -OCH3 is 1. The predicted octanol–water partition coefficient (Wildman–Crippen LogP) is 3.73. The maximum Gasteiger partial charge on any atom is 0.268 e. The second-order valence-corrected chi connectivity index (χ2v) is 9.21. The highest BCUT2D eigenvalue weighted by atomic mass is 32.2. The van der Waals surface area contributed by atoms with Crippen LogP contribution in [0.25, 0.3) is 10.9 Å². The first-order valence-corrected chi connectivity index (χ1v) is 11.1. The largest absolute Gasteiger partial charge is 0.497 e. The molecule has 0 aliphatic carbocycles. The Kier molecular flexibility index (Phi) is 6.19. The Balaban J connectivity index is 2.04. The lowest BCUT2D eigenvalue weighted by molar-refractivity contribution is 0.415. The Morgan fingerprint density at radius 1 is 1.14 bits per heavy atom. The number of rotatable bonds is 8. The van der Waals surface area contributed by atoms with Crippen molar-refractivity contribution in [3.63, 3.8) is 0 Å². The standard InChI is InChI=1S/C22H29N3O3S/c1-6-17-7-9-19(14-21(17)23-11-12-24(3)4)29(26,27)25-15-16(2)20-13-18(28-5)8-10-22(20)25/h7-10,13-15,23H,6,11-12H2,1-5H3. The normalized spacial score (nSPS) is 11.9. The summed E-state index contributed by atoms with van der Waals surface area (Å²) in [5.74, 6) is 0.704. The molecule has 1 aromatic heterocycles. The molecule has 0 aliphatic rings. The van der Waals surface area contributed by atoms with Crippen molar-refractivity contribution >= 4 is 26.6 Å². The monoisotopic (exact) mass is 415 g/mol. The zero-order chi connectivity index (χ0) is 21.2. The van der Waals surface area contributed by atoms with Crippen LogP contribution < -0.4 is 10.1 Å². The number of ether oxygens (including phenoxy) is 1. The number of nitrogens with one attached hydrogen (secondary N) is 1. The summed E-state index contributed by atoms with van der Waals surface area (Å²) in [5.41, 5.74) is 3.49. The highest BCUT2D eigenvalue weighted by Gasteiger charge is 2.21. The van der Waals surface area contributed by atoms with E-state index in [4.69, 9.17) is 4.74 Å². The van der Waals surface area contributed by atoms with Gasteiger partial charge in [0.1, 0.15) is 5.75 Å². The number of likely N-dealkylation sites (N-methyl/N-ethyl adjacent to an activating group) is 1. The van der Waals surface area contributed by atoms with Gasteiger partial charge in [-0.05, 0) is 68.9 Å². The summed E-state index contributed by atoms with van der Waals surface area (Å²) in [7, 11) is 1.90. The van der Waals surface area contributed by atoms with E-state index in [2.05, 4.69) is 17.1 Å². The molecule has 0 unspecified atom stereocenters. The number of anilines is 1. The molecule has 0 fully saturated rings. The molecule has 7 heteroatoms. The van der Waals surface area contributed by atoms with Crippen molar-refractivity contribution in [3.05, 3.63) is 53.7 Å². The fourth-order valence-electron chi connectivity index (χ4n) is 3.38. The van der Waals surface area contributed by atoms with Crippen molar-refractivity contribution in [1.29, 1.82) is 0 Å². The van der Waals surface area contributed by atoms with Gasteiger partial charge in [0.15, 0.2) is 0 Å². The van der Waals surface area contributed by atoms with Gasteiger partial charge in [-0.3, -0.25) is 0 Å². The quantitative estimate of drug-likeness (QED) is 0.607. The van der Waals surface area contributed by atoms with Crippen LogP contribution in [-0.4, -0.2) is 51.6 Å². The third kappa shape index (κ3) is 4.26. The molecule has 0 spiro atoms. The fourth-order valence-corrected chi connectivity index (χ4v) is 4.83. The summed E-state index contributed by atoms with van der Waals surface area (Å²) in [6.45, 7) is 5.58. The molecule has 6 nitrogen and oxygen atoms in total. The molecule has 29 heavy (non-hydrogen) atoms. The Bertz CT molecular complexity index is 1120. The minimum absolute atomic E-state index is 0.273. The van der Waals surface area contributed by atoms with Crippen molar-refractivity contribution in [3.8, 4) is 5.75 Å². The number of hydrogen-bond acceptors (Lipinski definition) is 5. The van der Waals surface area contributed by atoms with Crippen LogP contribution in [0.15, 0.2) is 47.5 Å². The van der Waals surface area contributed by atoms with Gasteiger partial charge in [0.2, 0.25) is 0 Å². The average molecular weight is 416 g/mol. The zero-order valence-corrected chi connectivity index (χ0v) is 18.5. The SMILES string of the molecule is CCc1ccc(S(=O)(=O)n2cc(C)c3cc(OC)ccc32)cc1NCCN(C)C. The maximum atomic E-state index is 13.4. The van der Waals surface area contributed by atoms with E-state index in [0.717, 1.165) is 41.7 Å². The minimum atomic E-state index is -3.73. The summed E-state index contributed by atoms with van der Waals surface area (Å²) in [5, 5.41) is 4.25. The molecule has 156 valence electrons. The van der Waals surface area contributed by atoms with Gasteiger partial charge in [0.25, 0.3) is 10.0 Å². The molecule has 3 rings (SSSR count). The number of aryl methyl sites for hydroxylation is 2. The first-order valence-electron chi connectivity index (χ1n) is 9.70. The summed E-state index contributed by atoms with van der Waals surface area (Å²) in [4.78, 5) is 2.36. The summed E-state index contributed by atoms with van der Waals surface area (Å²) >= 11 is 0. The summed E-state index contributed by atoms with van der Waals surface area (Å²) in [6.07, 6.45) is 2.50. The van der Waals surface area contributed by atoms with Gasteiger partial charge < -0.3 is 15.0 Å². The van der Waals surface area contributed by atoms with Crippen LogP contribution in [0.4, 0.5) is 5.69 Å². The zero-order valence-electron chi connectivity index (χ0n) is 17.7. The van der Waals surface area contributed by atoms with E-state index < -0.39 is 10.0 Å². The highest BCUT2D eigenvalue weighted by Crippen LogP contribution is 2.30. The van der Waals surface area contributed by atoms with E-state index in [-0.39, 0.29) is 4.90 Å². The first kappa shape index (κ1) is 21.2. The van der Waals surface area contributed by atoms with Crippen molar-refractivity contribution in [1.82, 2.24) is 8.87 Å². The van der Waals surface area contributed by atoms with Gasteiger partial charge in [-0.25, -0.2) is 12.4 Å². The van der Waals surface area contributed by atoms with Crippen molar-refractivity contribution in [2.24, 2.45) is 0 Å². The number of hydrogen-bond donors (Lipinski definition) is 1. The van der Waals surface area contributed by atoms with Crippen LogP contribution in [0.5, 0.6) is 5.75 Å². The van der Waals surface area contributed by atoms with Crippen molar-refractivity contribution < 1.29 is 13.2 Å². The molecule has 2 aromatic carbocycles. The van der Waals surface area contributed by atoms with E-state index >= 15 is 0 Å². The lowest BCUT2D eigenvalue weighted by atomic mass is 10.1. The molecular formula is C22H29N3O3S. The Morgan fingerprint density at radius 3 is 2.55 bits per heavy atom. The molecule has 1 N–H and O–H groups in total. The van der Waals surface area contributed by atoms with Crippen molar-refractivity contribution in [2.45, 2.75) is 25.2 Å². The molecule has 0 atom stereocenters. The minimum Gasteiger partial charge on any atom is -0.497 e. The molecule has 3 aromatic rings. The second kappa shape index (κ2) is 8.47. The third-order valence-corrected chi connectivity index (χ3v) is 6.74. The second-order valence-electron chi connectivity index (χ2n) is 7.40. The number of fused-ring (bicyclic) bond motifs is 1. The van der Waals surface area contributed by atoms with E-state index in [1.165, 1.54) is 3.97 Å². The smallest absolute Gasteiger partial charge is 0.268 e. The fraction of sp³-hybridized carbons (Fsp3) is 0.364. The number of benzene rings is 2. The Morgan fingerprint density at radius 2 is 1.90 bits per heavy atom. The summed E-state index contributed by atoms with van der Waals surface area (Å²) in [6, 6.07) is 10.8. The van der Waals surface area contributed by atoms with Crippen LogP contribution >= 0.6 is 0 Å². The number of nitrogens with zero attached hydrogens (tertiary/aromatic N) is 2. The molecule has 1 heterocycles. The van der Waals surface area contributed by atoms with Crippen LogP contribution in [0.1, 0.15) is 18.1 Å². The highest BCUT2D eigenvalue weighted by molar-refractivity contribution is 7.90. The van der Waals surface area contributed by atoms with E-state index in [9.17, 15) is 8.42 Å². The van der Waals surface area contributed by atoms with Gasteiger partial charge in [0, 0.05) is 30.4 Å². The van der Waals surface area contributed by atoms with Crippen molar-refractivity contribution in [2.75, 3.05) is 39.6 Å². The van der Waals surface area contributed by atoms with Crippen LogP contribution in [0.2, 0.25) is 0 Å². The van der Waals surface area contributed by atoms with E-state index in [1.54, 1.807) is 37.6 Å². The van der Waals surface area contributed by atoms with Gasteiger partial charge in [-0.1, -0.05) is 13.0 Å². The van der Waals surface area contributed by atoms with Crippen LogP contribution in [0.3, 0.4) is 0 Å². The molecule has 0 saturated carbocycles. The third-order valence-electron chi connectivity index (χ3n) is 5.07. The predicted molar refractivity (Wildman–Crippen MR) is 119 cm³/mol. The van der Waals surface area contributed by atoms with Gasteiger partial charge in [-0.15, -0.1) is 0 Å². The Labute approximate surface area is 173 Å². The van der Waals surface area contributed by atoms with Gasteiger partial charge in [-0.2, -0.15) is 0 Å². The molecule has 0 radical (unpaired) electrons.